The number of carbonyl (C=O) groups is 2. The van der Waals surface area contributed by atoms with E-state index in [0.717, 1.165) is 15.8 Å². The topological polar surface area (TPSA) is 108 Å². The number of hydrogen-bond donors (Lipinski definition) is 1. The second-order valence-corrected chi connectivity index (χ2v) is 7.34. The highest BCUT2D eigenvalue weighted by Crippen LogP contribution is 2.21. The third kappa shape index (κ3) is 4.00. The molecule has 0 spiro atoms. The van der Waals surface area contributed by atoms with Crippen molar-refractivity contribution in [2.24, 2.45) is 0 Å². The van der Waals surface area contributed by atoms with Crippen LogP contribution in [0.2, 0.25) is 0 Å². The predicted octanol–water partition coefficient (Wildman–Crippen LogP) is 2.60. The van der Waals surface area contributed by atoms with E-state index in [-0.39, 0.29) is 12.1 Å². The Bertz CT molecular complexity index is 1400. The summed E-state index contributed by atoms with van der Waals surface area (Å²) in [5, 5.41) is 11.1. The van der Waals surface area contributed by atoms with E-state index in [1.165, 1.54) is 23.5 Å². The zero-order chi connectivity index (χ0) is 22.8. The molecule has 0 unspecified atom stereocenters. The van der Waals surface area contributed by atoms with E-state index in [0.29, 0.717) is 16.9 Å². The summed E-state index contributed by atoms with van der Waals surface area (Å²) in [4.78, 5) is 37.3. The molecule has 162 valence electrons. The number of para-hydroxylation sites is 1. The summed E-state index contributed by atoms with van der Waals surface area (Å²) in [6, 6.07) is 14.1. The SMILES string of the molecule is COC(=O)c1ccccc1NC(=O)Cn1ncn2nc(-c3ccc(C)c(C)c3)cc2c1=O. The molecule has 0 atom stereocenters. The third-order valence-electron chi connectivity index (χ3n) is 5.19. The predicted molar refractivity (Wildman–Crippen MR) is 119 cm³/mol. The van der Waals surface area contributed by atoms with Gasteiger partial charge in [-0.2, -0.15) is 10.2 Å². The smallest absolute Gasteiger partial charge is 0.339 e. The molecule has 2 aromatic carbocycles. The molecular formula is C23H21N5O4. The number of hydrogen-bond acceptors (Lipinski definition) is 6. The maximum absolute atomic E-state index is 12.9. The highest BCUT2D eigenvalue weighted by molar-refractivity contribution is 6.01. The van der Waals surface area contributed by atoms with E-state index >= 15 is 0 Å². The second kappa shape index (κ2) is 8.46. The van der Waals surface area contributed by atoms with Gasteiger partial charge in [-0.05, 0) is 49.2 Å². The van der Waals surface area contributed by atoms with Gasteiger partial charge in [0, 0.05) is 5.56 Å². The van der Waals surface area contributed by atoms with Crippen LogP contribution in [0.4, 0.5) is 5.69 Å². The summed E-state index contributed by atoms with van der Waals surface area (Å²) in [6.07, 6.45) is 1.39. The zero-order valence-electron chi connectivity index (χ0n) is 17.8. The molecule has 1 N–H and O–H groups in total. The fraction of sp³-hybridized carbons (Fsp3) is 0.174. The number of amides is 1. The number of esters is 1. The molecule has 0 bridgehead atoms. The second-order valence-electron chi connectivity index (χ2n) is 7.34. The van der Waals surface area contributed by atoms with Gasteiger partial charge in [-0.15, -0.1) is 0 Å². The van der Waals surface area contributed by atoms with E-state index in [1.54, 1.807) is 30.3 Å². The Balaban J connectivity index is 1.60. The van der Waals surface area contributed by atoms with Gasteiger partial charge in [0.2, 0.25) is 5.91 Å². The van der Waals surface area contributed by atoms with Gasteiger partial charge in [0.25, 0.3) is 5.56 Å². The van der Waals surface area contributed by atoms with Gasteiger partial charge in [-0.1, -0.05) is 24.3 Å². The highest BCUT2D eigenvalue weighted by atomic mass is 16.5. The summed E-state index contributed by atoms with van der Waals surface area (Å²) in [6.45, 7) is 3.72. The minimum absolute atomic E-state index is 0.216. The van der Waals surface area contributed by atoms with Gasteiger partial charge in [0.15, 0.2) is 0 Å². The van der Waals surface area contributed by atoms with Crippen LogP contribution >= 0.6 is 0 Å². The Kier molecular flexibility index (Phi) is 5.55. The molecule has 4 aromatic rings. The first kappa shape index (κ1) is 21.0. The molecular weight excluding hydrogens is 410 g/mol. The summed E-state index contributed by atoms with van der Waals surface area (Å²) in [5.74, 6) is -1.08. The number of aryl methyl sites for hydroxylation is 2. The number of methoxy groups -OCH3 is 1. The molecule has 0 aliphatic rings. The van der Waals surface area contributed by atoms with E-state index < -0.39 is 17.4 Å². The minimum atomic E-state index is -0.573. The molecule has 1 amide bonds. The average Bonchev–Trinajstić information content (AvgIpc) is 3.22. The summed E-state index contributed by atoms with van der Waals surface area (Å²) in [5.41, 5.74) is 4.18. The molecule has 0 saturated carbocycles. The Morgan fingerprint density at radius 3 is 2.59 bits per heavy atom. The van der Waals surface area contributed by atoms with Crippen LogP contribution in [0.1, 0.15) is 21.5 Å². The molecule has 9 heteroatoms. The van der Waals surface area contributed by atoms with E-state index in [2.05, 4.69) is 15.5 Å². The van der Waals surface area contributed by atoms with Crippen LogP contribution in [0.3, 0.4) is 0 Å². The molecule has 32 heavy (non-hydrogen) atoms. The average molecular weight is 431 g/mol. The first-order valence-corrected chi connectivity index (χ1v) is 9.87. The number of fused-ring (bicyclic) bond motifs is 1. The number of benzene rings is 2. The van der Waals surface area contributed by atoms with Crippen molar-refractivity contribution in [3.05, 3.63) is 81.9 Å². The number of carbonyl (C=O) groups excluding carboxylic acids is 2. The molecule has 0 aliphatic heterocycles. The Hall–Kier alpha value is -4.27. The van der Waals surface area contributed by atoms with Crippen molar-refractivity contribution in [2.45, 2.75) is 20.4 Å². The van der Waals surface area contributed by atoms with Gasteiger partial charge in [0.05, 0.1) is 24.1 Å². The quantitative estimate of drug-likeness (QED) is 0.487. The molecule has 0 radical (unpaired) electrons. The largest absolute Gasteiger partial charge is 0.465 e. The summed E-state index contributed by atoms with van der Waals surface area (Å²) in [7, 11) is 1.26. The Morgan fingerprint density at radius 2 is 1.84 bits per heavy atom. The number of nitrogens with one attached hydrogen (secondary N) is 1. The van der Waals surface area contributed by atoms with Crippen LogP contribution in [0, 0.1) is 13.8 Å². The summed E-state index contributed by atoms with van der Waals surface area (Å²) >= 11 is 0. The van der Waals surface area contributed by atoms with Crippen molar-refractivity contribution in [3.8, 4) is 11.3 Å². The molecule has 9 nitrogen and oxygen atoms in total. The maximum Gasteiger partial charge on any atom is 0.339 e. The lowest BCUT2D eigenvalue weighted by molar-refractivity contribution is -0.117. The van der Waals surface area contributed by atoms with Gasteiger partial charge >= 0.3 is 5.97 Å². The van der Waals surface area contributed by atoms with E-state index in [4.69, 9.17) is 4.74 Å². The van der Waals surface area contributed by atoms with Crippen LogP contribution in [-0.4, -0.2) is 38.4 Å². The van der Waals surface area contributed by atoms with Crippen molar-refractivity contribution < 1.29 is 14.3 Å². The number of rotatable bonds is 5. The first-order chi connectivity index (χ1) is 15.4. The minimum Gasteiger partial charge on any atom is -0.465 e. The van der Waals surface area contributed by atoms with Crippen LogP contribution in [0.5, 0.6) is 0 Å². The van der Waals surface area contributed by atoms with Crippen molar-refractivity contribution in [3.63, 3.8) is 0 Å². The fourth-order valence-corrected chi connectivity index (χ4v) is 3.30. The van der Waals surface area contributed by atoms with E-state index in [1.807, 2.05) is 32.0 Å². The monoisotopic (exact) mass is 431 g/mol. The first-order valence-electron chi connectivity index (χ1n) is 9.87. The molecule has 2 heterocycles. The lowest BCUT2D eigenvalue weighted by Crippen LogP contribution is -2.31. The van der Waals surface area contributed by atoms with Gasteiger partial charge < -0.3 is 10.1 Å². The van der Waals surface area contributed by atoms with Crippen LogP contribution in [-0.2, 0) is 16.1 Å². The third-order valence-corrected chi connectivity index (χ3v) is 5.19. The van der Waals surface area contributed by atoms with Gasteiger partial charge in [-0.25, -0.2) is 14.0 Å². The van der Waals surface area contributed by atoms with Crippen LogP contribution in [0.25, 0.3) is 16.8 Å². The lowest BCUT2D eigenvalue weighted by Gasteiger charge is -2.10. The molecule has 0 saturated heterocycles. The zero-order valence-corrected chi connectivity index (χ0v) is 17.8. The number of aromatic nitrogens is 4. The van der Waals surface area contributed by atoms with Crippen LogP contribution in [0.15, 0.2) is 59.7 Å². The molecule has 4 rings (SSSR count). The van der Waals surface area contributed by atoms with Crippen LogP contribution < -0.4 is 10.9 Å². The van der Waals surface area contributed by atoms with Crippen molar-refractivity contribution in [1.82, 2.24) is 19.4 Å². The number of nitrogens with zero attached hydrogens (tertiary/aromatic N) is 4. The maximum atomic E-state index is 12.9. The normalized spacial score (nSPS) is 10.8. The number of ether oxygens (including phenoxy) is 1. The summed E-state index contributed by atoms with van der Waals surface area (Å²) < 4.78 is 7.18. The highest BCUT2D eigenvalue weighted by Gasteiger charge is 2.16. The van der Waals surface area contributed by atoms with E-state index in [9.17, 15) is 14.4 Å². The van der Waals surface area contributed by atoms with Crippen molar-refractivity contribution in [2.75, 3.05) is 12.4 Å². The van der Waals surface area contributed by atoms with Crippen molar-refractivity contribution in [1.29, 1.82) is 0 Å². The molecule has 0 aliphatic carbocycles. The fourth-order valence-electron chi connectivity index (χ4n) is 3.30. The Labute approximate surface area is 183 Å². The van der Waals surface area contributed by atoms with Gasteiger partial charge in [0.1, 0.15) is 18.4 Å². The molecule has 0 fully saturated rings. The Morgan fingerprint density at radius 1 is 1.06 bits per heavy atom. The van der Waals surface area contributed by atoms with Crippen molar-refractivity contribution >= 4 is 23.1 Å². The standard InChI is InChI=1S/C23H21N5O4/c1-14-8-9-16(10-15(14)2)19-11-20-22(30)27(24-13-28(20)26-19)12-21(29)25-18-7-5-4-6-17(18)23(31)32-3/h4-11,13H,12H2,1-3H3,(H,25,29). The van der Waals surface area contributed by atoms with Gasteiger partial charge in [-0.3, -0.25) is 9.59 Å². The number of anilines is 1. The molecule has 2 aromatic heterocycles. The lowest BCUT2D eigenvalue weighted by atomic mass is 10.0.